The molecule has 0 unspecified atom stereocenters. The maximum atomic E-state index is 12.8. The van der Waals surface area contributed by atoms with Crippen LogP contribution < -0.4 is 15.0 Å². The molecule has 0 fully saturated rings. The van der Waals surface area contributed by atoms with Gasteiger partial charge >= 0.3 is 0 Å². The van der Waals surface area contributed by atoms with E-state index in [1.165, 1.54) is 4.90 Å². The molecule has 0 spiro atoms. The van der Waals surface area contributed by atoms with Gasteiger partial charge in [-0.15, -0.1) is 0 Å². The lowest BCUT2D eigenvalue weighted by Gasteiger charge is -2.38. The molecule has 0 atom stereocenters. The number of nitrogens with one attached hydrogen (secondary N) is 1. The summed E-state index contributed by atoms with van der Waals surface area (Å²) in [4.78, 5) is 26.8. The fourth-order valence-corrected chi connectivity index (χ4v) is 2.88. The highest BCUT2D eigenvalue weighted by molar-refractivity contribution is 6.07. The third kappa shape index (κ3) is 3.36. The van der Waals surface area contributed by atoms with Crippen molar-refractivity contribution in [1.29, 1.82) is 0 Å². The molecule has 1 aliphatic heterocycles. The zero-order chi connectivity index (χ0) is 18.2. The average molecular weight is 338 g/mol. The molecule has 130 valence electrons. The number of carbonyl (C=O) groups excluding carboxylic acids is 2. The van der Waals surface area contributed by atoms with Crippen LogP contribution in [-0.4, -0.2) is 24.0 Å². The molecule has 5 nitrogen and oxygen atoms in total. The standard InChI is InChI=1S/C20H22N2O3/c1-13-9-10-17-16(11-13)22(19(24)20(3,4)25-17)12-18(23)21-15-8-6-5-7-14(15)2/h5-11H,12H2,1-4H3,(H,21,23). The van der Waals surface area contributed by atoms with Gasteiger partial charge in [0.2, 0.25) is 5.91 Å². The van der Waals surface area contributed by atoms with Crippen LogP contribution in [0.5, 0.6) is 5.75 Å². The van der Waals surface area contributed by atoms with Crippen molar-refractivity contribution in [3.05, 3.63) is 53.6 Å². The van der Waals surface area contributed by atoms with Crippen LogP contribution in [0.2, 0.25) is 0 Å². The molecule has 0 bridgehead atoms. The first kappa shape index (κ1) is 17.0. The van der Waals surface area contributed by atoms with Gasteiger partial charge in [0, 0.05) is 5.69 Å². The zero-order valence-electron chi connectivity index (χ0n) is 14.9. The Morgan fingerprint density at radius 1 is 1.16 bits per heavy atom. The predicted octanol–water partition coefficient (Wildman–Crippen LogP) is 3.45. The largest absolute Gasteiger partial charge is 0.476 e. The summed E-state index contributed by atoms with van der Waals surface area (Å²) in [6.07, 6.45) is 0. The Kier molecular flexibility index (Phi) is 4.25. The van der Waals surface area contributed by atoms with Gasteiger partial charge in [-0.3, -0.25) is 14.5 Å². The number of aryl methyl sites for hydroxylation is 2. The number of ether oxygens (including phenoxy) is 1. The Morgan fingerprint density at radius 3 is 2.60 bits per heavy atom. The van der Waals surface area contributed by atoms with Crippen LogP contribution in [-0.2, 0) is 9.59 Å². The predicted molar refractivity (Wildman–Crippen MR) is 98.0 cm³/mol. The second-order valence-corrected chi connectivity index (χ2v) is 6.84. The van der Waals surface area contributed by atoms with Crippen molar-refractivity contribution in [1.82, 2.24) is 0 Å². The zero-order valence-corrected chi connectivity index (χ0v) is 14.9. The Labute approximate surface area is 147 Å². The highest BCUT2D eigenvalue weighted by Gasteiger charge is 2.41. The number of para-hydroxylation sites is 1. The third-order valence-corrected chi connectivity index (χ3v) is 4.25. The first-order chi connectivity index (χ1) is 11.8. The molecule has 5 heteroatoms. The van der Waals surface area contributed by atoms with E-state index in [0.29, 0.717) is 11.4 Å². The Morgan fingerprint density at radius 2 is 1.88 bits per heavy atom. The van der Waals surface area contributed by atoms with Crippen molar-refractivity contribution in [2.45, 2.75) is 33.3 Å². The van der Waals surface area contributed by atoms with Gasteiger partial charge in [-0.2, -0.15) is 0 Å². The highest BCUT2D eigenvalue weighted by Crippen LogP contribution is 2.38. The van der Waals surface area contributed by atoms with Gasteiger partial charge in [0.15, 0.2) is 5.60 Å². The molecule has 2 aromatic carbocycles. The summed E-state index contributed by atoms with van der Waals surface area (Å²) < 4.78 is 5.81. The maximum absolute atomic E-state index is 12.8. The van der Waals surface area contributed by atoms with Crippen LogP contribution in [0.1, 0.15) is 25.0 Å². The van der Waals surface area contributed by atoms with E-state index in [9.17, 15) is 9.59 Å². The molecule has 1 N–H and O–H groups in total. The average Bonchev–Trinajstić information content (AvgIpc) is 2.55. The minimum atomic E-state index is -1.01. The third-order valence-electron chi connectivity index (χ3n) is 4.25. The van der Waals surface area contributed by atoms with Gasteiger partial charge in [0.1, 0.15) is 12.3 Å². The number of hydrogen-bond donors (Lipinski definition) is 1. The van der Waals surface area contributed by atoms with E-state index in [2.05, 4.69) is 5.32 Å². The number of carbonyl (C=O) groups is 2. The Hall–Kier alpha value is -2.82. The van der Waals surface area contributed by atoms with E-state index in [-0.39, 0.29) is 18.4 Å². The van der Waals surface area contributed by atoms with Gasteiger partial charge in [-0.05, 0) is 57.0 Å². The van der Waals surface area contributed by atoms with Crippen LogP contribution in [0.3, 0.4) is 0 Å². The molecule has 1 heterocycles. The molecule has 0 radical (unpaired) electrons. The number of nitrogens with zero attached hydrogens (tertiary/aromatic N) is 1. The Balaban J connectivity index is 1.88. The lowest BCUT2D eigenvalue weighted by atomic mass is 10.0. The normalized spacial score (nSPS) is 15.4. The molecule has 0 saturated carbocycles. The summed E-state index contributed by atoms with van der Waals surface area (Å²) >= 11 is 0. The second-order valence-electron chi connectivity index (χ2n) is 6.84. The monoisotopic (exact) mass is 338 g/mol. The van der Waals surface area contributed by atoms with Gasteiger partial charge in [-0.25, -0.2) is 0 Å². The van der Waals surface area contributed by atoms with Crippen molar-refractivity contribution in [2.75, 3.05) is 16.8 Å². The van der Waals surface area contributed by atoms with Gasteiger partial charge < -0.3 is 10.1 Å². The SMILES string of the molecule is Cc1ccc2c(c1)N(CC(=O)Nc1ccccc1C)C(=O)C(C)(C)O2. The van der Waals surface area contributed by atoms with Crippen LogP contribution in [0, 0.1) is 13.8 Å². The molecular weight excluding hydrogens is 316 g/mol. The van der Waals surface area contributed by atoms with Crippen molar-refractivity contribution in [3.63, 3.8) is 0 Å². The van der Waals surface area contributed by atoms with Crippen LogP contribution in [0.15, 0.2) is 42.5 Å². The van der Waals surface area contributed by atoms with Crippen molar-refractivity contribution in [2.24, 2.45) is 0 Å². The molecule has 3 rings (SSSR count). The quantitative estimate of drug-likeness (QED) is 0.932. The molecular formula is C20H22N2O3. The van der Waals surface area contributed by atoms with E-state index in [1.54, 1.807) is 13.8 Å². The number of fused-ring (bicyclic) bond motifs is 1. The number of benzene rings is 2. The highest BCUT2D eigenvalue weighted by atomic mass is 16.5. The smallest absolute Gasteiger partial charge is 0.271 e. The van der Waals surface area contributed by atoms with Crippen molar-refractivity contribution in [3.8, 4) is 5.75 Å². The van der Waals surface area contributed by atoms with Crippen LogP contribution in [0.25, 0.3) is 0 Å². The van der Waals surface area contributed by atoms with E-state index in [0.717, 1.165) is 16.8 Å². The summed E-state index contributed by atoms with van der Waals surface area (Å²) in [5.74, 6) is 0.136. The summed E-state index contributed by atoms with van der Waals surface area (Å²) in [5.41, 5.74) is 2.34. The number of amides is 2. The Bertz CT molecular complexity index is 843. The van der Waals surface area contributed by atoms with Gasteiger partial charge in [0.05, 0.1) is 5.69 Å². The first-order valence-electron chi connectivity index (χ1n) is 8.25. The first-order valence-corrected chi connectivity index (χ1v) is 8.25. The van der Waals surface area contributed by atoms with E-state index >= 15 is 0 Å². The summed E-state index contributed by atoms with van der Waals surface area (Å²) in [6, 6.07) is 13.2. The molecule has 0 aromatic heterocycles. The fourth-order valence-electron chi connectivity index (χ4n) is 2.88. The lowest BCUT2D eigenvalue weighted by Crippen LogP contribution is -2.54. The molecule has 0 aliphatic carbocycles. The van der Waals surface area contributed by atoms with Crippen LogP contribution in [0.4, 0.5) is 11.4 Å². The molecule has 2 amide bonds. The molecule has 2 aromatic rings. The lowest BCUT2D eigenvalue weighted by molar-refractivity contribution is -0.133. The van der Waals surface area contributed by atoms with Crippen molar-refractivity contribution >= 4 is 23.2 Å². The van der Waals surface area contributed by atoms with Crippen molar-refractivity contribution < 1.29 is 14.3 Å². The summed E-state index contributed by atoms with van der Waals surface area (Å²) in [7, 11) is 0. The summed E-state index contributed by atoms with van der Waals surface area (Å²) in [5, 5.41) is 2.88. The second kappa shape index (κ2) is 6.24. The number of hydrogen-bond acceptors (Lipinski definition) is 3. The number of anilines is 2. The minimum absolute atomic E-state index is 0.0591. The molecule has 0 saturated heterocycles. The topological polar surface area (TPSA) is 58.6 Å². The molecule has 1 aliphatic rings. The summed E-state index contributed by atoms with van der Waals surface area (Å²) in [6.45, 7) is 7.23. The van der Waals surface area contributed by atoms with Gasteiger partial charge in [-0.1, -0.05) is 24.3 Å². The number of rotatable bonds is 3. The van der Waals surface area contributed by atoms with E-state index < -0.39 is 5.60 Å². The van der Waals surface area contributed by atoms with E-state index in [4.69, 9.17) is 4.74 Å². The van der Waals surface area contributed by atoms with E-state index in [1.807, 2.05) is 56.3 Å². The van der Waals surface area contributed by atoms with Crippen LogP contribution >= 0.6 is 0 Å². The maximum Gasteiger partial charge on any atom is 0.271 e. The minimum Gasteiger partial charge on any atom is -0.476 e. The van der Waals surface area contributed by atoms with Gasteiger partial charge in [0.25, 0.3) is 5.91 Å². The molecule has 25 heavy (non-hydrogen) atoms. The fraction of sp³-hybridized carbons (Fsp3) is 0.300.